The van der Waals surface area contributed by atoms with E-state index in [1.807, 2.05) is 19.9 Å². The lowest BCUT2D eigenvalue weighted by molar-refractivity contribution is 0.585. The first-order chi connectivity index (χ1) is 8.42. The maximum Gasteiger partial charge on any atom is 0.235 e. The number of sulfonamides is 1. The lowest BCUT2D eigenvalue weighted by Gasteiger charge is -2.17. The Labute approximate surface area is 109 Å². The number of benzene rings is 1. The summed E-state index contributed by atoms with van der Waals surface area (Å²) in [5.74, 6) is 0. The summed E-state index contributed by atoms with van der Waals surface area (Å²) < 4.78 is 27.2. The summed E-state index contributed by atoms with van der Waals surface area (Å²) in [6.07, 6.45) is 3.49. The molecule has 0 heterocycles. The van der Waals surface area contributed by atoms with Crippen LogP contribution in [0.25, 0.3) is 0 Å². The lowest BCUT2D eigenvalue weighted by atomic mass is 10.1. The normalized spacial score (nSPS) is 17.0. The average molecular weight is 268 g/mol. The Morgan fingerprint density at radius 3 is 2.44 bits per heavy atom. The standard InChI is InChI=1S/C13H20N2O2S/c1-9-7-8-12(14)13(10(9)2)15-18(16,17)11-5-3-4-6-11/h7-8,11,15H,3-6,14H2,1-2H3. The molecule has 1 saturated carbocycles. The van der Waals surface area contributed by atoms with Gasteiger partial charge in [-0.05, 0) is 43.9 Å². The molecule has 1 aromatic rings. The van der Waals surface area contributed by atoms with E-state index >= 15 is 0 Å². The van der Waals surface area contributed by atoms with Crippen LogP contribution in [0.5, 0.6) is 0 Å². The molecule has 0 unspecified atom stereocenters. The Hall–Kier alpha value is -1.23. The number of rotatable bonds is 3. The molecule has 0 bridgehead atoms. The molecule has 1 fully saturated rings. The van der Waals surface area contributed by atoms with Crippen molar-refractivity contribution in [2.45, 2.75) is 44.8 Å². The zero-order valence-corrected chi connectivity index (χ0v) is 11.7. The maximum atomic E-state index is 12.3. The van der Waals surface area contributed by atoms with Gasteiger partial charge in [0.1, 0.15) is 0 Å². The van der Waals surface area contributed by atoms with Gasteiger partial charge in [0, 0.05) is 0 Å². The number of nitrogens with two attached hydrogens (primary N) is 1. The molecule has 100 valence electrons. The van der Waals surface area contributed by atoms with E-state index in [0.29, 0.717) is 11.4 Å². The lowest BCUT2D eigenvalue weighted by Crippen LogP contribution is -2.26. The minimum atomic E-state index is -3.30. The van der Waals surface area contributed by atoms with Gasteiger partial charge in [-0.3, -0.25) is 4.72 Å². The molecule has 5 heteroatoms. The molecule has 4 nitrogen and oxygen atoms in total. The van der Waals surface area contributed by atoms with E-state index in [1.165, 1.54) is 0 Å². The van der Waals surface area contributed by atoms with Gasteiger partial charge in [-0.15, -0.1) is 0 Å². The van der Waals surface area contributed by atoms with Gasteiger partial charge in [-0.25, -0.2) is 8.42 Å². The number of nitrogen functional groups attached to an aromatic ring is 1. The Balaban J connectivity index is 2.31. The van der Waals surface area contributed by atoms with E-state index in [2.05, 4.69) is 4.72 Å². The largest absolute Gasteiger partial charge is 0.397 e. The fourth-order valence-corrected chi connectivity index (χ4v) is 4.07. The number of hydrogen-bond acceptors (Lipinski definition) is 3. The third kappa shape index (κ3) is 2.46. The summed E-state index contributed by atoms with van der Waals surface area (Å²) >= 11 is 0. The van der Waals surface area contributed by atoms with Crippen molar-refractivity contribution in [3.8, 4) is 0 Å². The molecule has 0 amide bonds. The third-order valence-electron chi connectivity index (χ3n) is 3.75. The van der Waals surface area contributed by atoms with Crippen molar-refractivity contribution in [1.29, 1.82) is 0 Å². The Morgan fingerprint density at radius 2 is 1.83 bits per heavy atom. The molecule has 3 N–H and O–H groups in total. The topological polar surface area (TPSA) is 72.2 Å². The predicted octanol–water partition coefficient (Wildman–Crippen LogP) is 2.57. The smallest absolute Gasteiger partial charge is 0.235 e. The minimum absolute atomic E-state index is 0.267. The van der Waals surface area contributed by atoms with Gasteiger partial charge in [-0.2, -0.15) is 0 Å². The highest BCUT2D eigenvalue weighted by atomic mass is 32.2. The van der Waals surface area contributed by atoms with E-state index in [0.717, 1.165) is 36.8 Å². The van der Waals surface area contributed by atoms with Crippen LogP contribution in [0.15, 0.2) is 12.1 Å². The van der Waals surface area contributed by atoms with Crippen LogP contribution < -0.4 is 10.5 Å². The van der Waals surface area contributed by atoms with Crippen LogP contribution in [0.1, 0.15) is 36.8 Å². The molecular weight excluding hydrogens is 248 g/mol. The fourth-order valence-electron chi connectivity index (χ4n) is 2.40. The van der Waals surface area contributed by atoms with Gasteiger partial charge in [0.25, 0.3) is 0 Å². The van der Waals surface area contributed by atoms with Crippen LogP contribution in [-0.4, -0.2) is 13.7 Å². The first kappa shape index (κ1) is 13.2. The fraction of sp³-hybridized carbons (Fsp3) is 0.538. The second-order valence-electron chi connectivity index (χ2n) is 5.03. The van der Waals surface area contributed by atoms with E-state index in [1.54, 1.807) is 6.07 Å². The quantitative estimate of drug-likeness (QED) is 0.828. The molecule has 0 radical (unpaired) electrons. The number of hydrogen-bond donors (Lipinski definition) is 2. The molecule has 2 rings (SSSR count). The zero-order chi connectivity index (χ0) is 13.3. The summed E-state index contributed by atoms with van der Waals surface area (Å²) in [5, 5.41) is -0.267. The van der Waals surface area contributed by atoms with Crippen molar-refractivity contribution in [3.63, 3.8) is 0 Å². The second-order valence-corrected chi connectivity index (χ2v) is 6.99. The average Bonchev–Trinajstić information content (AvgIpc) is 2.84. The van der Waals surface area contributed by atoms with Crippen molar-refractivity contribution in [3.05, 3.63) is 23.3 Å². The van der Waals surface area contributed by atoms with Crippen LogP contribution in [0.4, 0.5) is 11.4 Å². The molecule has 18 heavy (non-hydrogen) atoms. The van der Waals surface area contributed by atoms with E-state index < -0.39 is 10.0 Å². The Kier molecular flexibility index (Phi) is 3.52. The van der Waals surface area contributed by atoms with Crippen molar-refractivity contribution < 1.29 is 8.42 Å². The van der Waals surface area contributed by atoms with E-state index in [9.17, 15) is 8.42 Å². The molecule has 1 aliphatic carbocycles. The van der Waals surface area contributed by atoms with Crippen LogP contribution in [-0.2, 0) is 10.0 Å². The molecule has 1 aromatic carbocycles. The third-order valence-corrected chi connectivity index (χ3v) is 5.59. The first-order valence-corrected chi connectivity index (χ1v) is 7.84. The van der Waals surface area contributed by atoms with Crippen molar-refractivity contribution in [2.75, 3.05) is 10.5 Å². The highest BCUT2D eigenvalue weighted by Crippen LogP contribution is 2.31. The van der Waals surface area contributed by atoms with E-state index in [-0.39, 0.29) is 5.25 Å². The molecule has 0 saturated heterocycles. The van der Waals surface area contributed by atoms with Gasteiger partial charge in [0.05, 0.1) is 16.6 Å². The Morgan fingerprint density at radius 1 is 1.22 bits per heavy atom. The minimum Gasteiger partial charge on any atom is -0.397 e. The molecule has 0 spiro atoms. The Bertz CT molecular complexity index is 546. The summed E-state index contributed by atoms with van der Waals surface area (Å²) in [7, 11) is -3.30. The van der Waals surface area contributed by atoms with Crippen LogP contribution >= 0.6 is 0 Å². The van der Waals surface area contributed by atoms with Crippen molar-refractivity contribution >= 4 is 21.4 Å². The maximum absolute atomic E-state index is 12.3. The van der Waals surface area contributed by atoms with E-state index in [4.69, 9.17) is 5.73 Å². The van der Waals surface area contributed by atoms with Gasteiger partial charge in [0.2, 0.25) is 10.0 Å². The molecule has 0 aliphatic heterocycles. The van der Waals surface area contributed by atoms with Crippen LogP contribution in [0.3, 0.4) is 0 Å². The highest BCUT2D eigenvalue weighted by Gasteiger charge is 2.29. The van der Waals surface area contributed by atoms with Crippen molar-refractivity contribution in [1.82, 2.24) is 0 Å². The summed E-state index contributed by atoms with van der Waals surface area (Å²) in [6, 6.07) is 3.65. The SMILES string of the molecule is Cc1ccc(N)c(NS(=O)(=O)C2CCCC2)c1C. The van der Waals surface area contributed by atoms with Gasteiger partial charge >= 0.3 is 0 Å². The first-order valence-electron chi connectivity index (χ1n) is 6.29. The second kappa shape index (κ2) is 4.80. The summed E-state index contributed by atoms with van der Waals surface area (Å²) in [6.45, 7) is 3.83. The van der Waals surface area contributed by atoms with Gasteiger partial charge < -0.3 is 5.73 Å². The van der Waals surface area contributed by atoms with Crippen LogP contribution in [0.2, 0.25) is 0 Å². The summed E-state index contributed by atoms with van der Waals surface area (Å²) in [4.78, 5) is 0. The monoisotopic (exact) mass is 268 g/mol. The summed E-state index contributed by atoms with van der Waals surface area (Å²) in [5.41, 5.74) is 8.83. The molecule has 0 aromatic heterocycles. The van der Waals surface area contributed by atoms with Crippen molar-refractivity contribution in [2.24, 2.45) is 0 Å². The number of aryl methyl sites for hydroxylation is 1. The molecule has 1 aliphatic rings. The van der Waals surface area contributed by atoms with Crippen LogP contribution in [0, 0.1) is 13.8 Å². The number of nitrogens with one attached hydrogen (secondary N) is 1. The highest BCUT2D eigenvalue weighted by molar-refractivity contribution is 7.93. The van der Waals surface area contributed by atoms with Gasteiger partial charge in [0.15, 0.2) is 0 Å². The predicted molar refractivity (Wildman–Crippen MR) is 75.1 cm³/mol. The number of anilines is 2. The van der Waals surface area contributed by atoms with Gasteiger partial charge in [-0.1, -0.05) is 18.9 Å². The molecule has 0 atom stereocenters. The zero-order valence-electron chi connectivity index (χ0n) is 10.9. The molecular formula is C13H20N2O2S.